The average Bonchev–Trinajstić information content (AvgIpc) is 3.33. The van der Waals surface area contributed by atoms with E-state index >= 15 is 0 Å². The number of amides is 1. The largest absolute Gasteiger partial charge is 0.379 e. The fraction of sp³-hybridized carbons (Fsp3) is 0.474. The highest BCUT2D eigenvalue weighted by Crippen LogP contribution is 2.32. The van der Waals surface area contributed by atoms with Crippen molar-refractivity contribution in [3.05, 3.63) is 47.2 Å². The molecule has 7 nitrogen and oxygen atoms in total. The summed E-state index contributed by atoms with van der Waals surface area (Å²) in [6.07, 6.45) is 5.88. The van der Waals surface area contributed by atoms with Crippen molar-refractivity contribution in [1.29, 1.82) is 0 Å². The zero-order valence-corrected chi connectivity index (χ0v) is 16.0. The Kier molecular flexibility index (Phi) is 4.86. The number of nitrogens with zero attached hydrogens (tertiary/aromatic N) is 5. The van der Waals surface area contributed by atoms with E-state index in [1.54, 1.807) is 6.20 Å². The molecule has 4 rings (SSSR count). The first-order valence-electron chi connectivity index (χ1n) is 9.18. The molecule has 0 spiro atoms. The third-order valence-corrected chi connectivity index (χ3v) is 5.65. The van der Waals surface area contributed by atoms with Crippen LogP contribution in [0.2, 0.25) is 5.02 Å². The Hall–Kier alpha value is -2.41. The van der Waals surface area contributed by atoms with E-state index in [0.29, 0.717) is 17.4 Å². The van der Waals surface area contributed by atoms with E-state index in [2.05, 4.69) is 15.5 Å². The molecular weight excluding hydrogens is 366 g/mol. The Balaban J connectivity index is 1.36. The maximum atomic E-state index is 13.1. The maximum absolute atomic E-state index is 13.1. The van der Waals surface area contributed by atoms with Crippen LogP contribution in [0.15, 0.2) is 41.8 Å². The topological polar surface area (TPSA) is 72.6 Å². The number of hydrogen-bond acceptors (Lipinski definition) is 5. The van der Waals surface area contributed by atoms with Gasteiger partial charge in [0, 0.05) is 42.8 Å². The van der Waals surface area contributed by atoms with E-state index in [-0.39, 0.29) is 5.91 Å². The molecule has 0 saturated carbocycles. The molecule has 1 amide bonds. The van der Waals surface area contributed by atoms with E-state index in [4.69, 9.17) is 16.4 Å². The molecule has 1 atom stereocenters. The van der Waals surface area contributed by atoms with Gasteiger partial charge in [0.1, 0.15) is 0 Å². The Morgan fingerprint density at radius 2 is 2.11 bits per heavy atom. The van der Waals surface area contributed by atoms with Crippen LogP contribution in [0.25, 0.3) is 0 Å². The summed E-state index contributed by atoms with van der Waals surface area (Å²) in [5, 5.41) is 12.6. The van der Waals surface area contributed by atoms with Crippen LogP contribution in [0, 0.1) is 5.92 Å². The summed E-state index contributed by atoms with van der Waals surface area (Å²) in [7, 11) is 0. The minimum Gasteiger partial charge on any atom is -0.379 e. The van der Waals surface area contributed by atoms with Gasteiger partial charge in [-0.3, -0.25) is 9.48 Å². The van der Waals surface area contributed by atoms with Crippen LogP contribution in [-0.2, 0) is 16.2 Å². The second kappa shape index (κ2) is 7.31. The fourth-order valence-corrected chi connectivity index (χ4v) is 3.99. The van der Waals surface area contributed by atoms with Gasteiger partial charge in [0.25, 0.3) is 5.91 Å². The molecule has 2 aliphatic rings. The molecule has 3 heterocycles. The van der Waals surface area contributed by atoms with Gasteiger partial charge in [-0.05, 0) is 31.7 Å². The quantitative estimate of drug-likeness (QED) is 0.808. The van der Waals surface area contributed by atoms with Gasteiger partial charge in [-0.1, -0.05) is 40.2 Å². The third kappa shape index (κ3) is 3.69. The highest BCUT2D eigenvalue weighted by Gasteiger charge is 2.45. The zero-order valence-electron chi connectivity index (χ0n) is 15.2. The first-order valence-corrected chi connectivity index (χ1v) is 9.56. The summed E-state index contributed by atoms with van der Waals surface area (Å²) in [6.45, 7) is 4.09. The van der Waals surface area contributed by atoms with Crippen molar-refractivity contribution in [3.63, 3.8) is 0 Å². The van der Waals surface area contributed by atoms with Crippen molar-refractivity contribution in [2.75, 3.05) is 13.1 Å². The first kappa shape index (κ1) is 18.0. The van der Waals surface area contributed by atoms with Crippen LogP contribution in [0.3, 0.4) is 0 Å². The lowest BCUT2D eigenvalue weighted by atomic mass is 9.91. The van der Waals surface area contributed by atoms with Crippen LogP contribution in [0.5, 0.6) is 0 Å². The van der Waals surface area contributed by atoms with Crippen molar-refractivity contribution in [1.82, 2.24) is 19.9 Å². The highest BCUT2D eigenvalue weighted by molar-refractivity contribution is 6.34. The minimum absolute atomic E-state index is 0.00694. The van der Waals surface area contributed by atoms with Crippen molar-refractivity contribution >= 4 is 23.2 Å². The number of halogens is 1. The van der Waals surface area contributed by atoms with E-state index in [9.17, 15) is 4.79 Å². The summed E-state index contributed by atoms with van der Waals surface area (Å²) in [4.78, 5) is 20.6. The van der Waals surface area contributed by atoms with Gasteiger partial charge < -0.3 is 9.74 Å². The molecule has 0 aliphatic carbocycles. The number of likely N-dealkylation sites (tertiary alicyclic amines) is 1. The molecule has 0 bridgehead atoms. The minimum atomic E-state index is -0.965. The van der Waals surface area contributed by atoms with E-state index in [1.807, 2.05) is 47.0 Å². The fourth-order valence-electron chi connectivity index (χ4n) is 3.74. The van der Waals surface area contributed by atoms with Gasteiger partial charge >= 0.3 is 0 Å². The first-order chi connectivity index (χ1) is 13.0. The highest BCUT2D eigenvalue weighted by atomic mass is 35.5. The number of hydrogen-bond donors (Lipinski definition) is 0. The van der Waals surface area contributed by atoms with Crippen LogP contribution < -0.4 is 0 Å². The Bertz CT molecular complexity index is 846. The van der Waals surface area contributed by atoms with E-state index in [0.717, 1.165) is 43.8 Å². The second-order valence-corrected chi connectivity index (χ2v) is 7.78. The smallest absolute Gasteiger partial charge is 0.269 e. The third-order valence-electron chi connectivity index (χ3n) is 5.32. The van der Waals surface area contributed by atoms with Gasteiger partial charge in [-0.15, -0.1) is 5.10 Å². The summed E-state index contributed by atoms with van der Waals surface area (Å²) in [6, 6.07) is 7.49. The molecule has 27 heavy (non-hydrogen) atoms. The maximum Gasteiger partial charge on any atom is 0.269 e. The Morgan fingerprint density at radius 1 is 1.33 bits per heavy atom. The lowest BCUT2D eigenvalue weighted by Crippen LogP contribution is -2.50. The van der Waals surface area contributed by atoms with Crippen molar-refractivity contribution < 1.29 is 9.63 Å². The van der Waals surface area contributed by atoms with E-state index in [1.165, 1.54) is 0 Å². The molecule has 0 N–H and O–H groups in total. The van der Waals surface area contributed by atoms with Crippen LogP contribution in [-0.4, -0.2) is 50.2 Å². The summed E-state index contributed by atoms with van der Waals surface area (Å²) in [5.74, 6) is 0.496. The SMILES string of the molecule is C[C@@]1(C(=O)N2CCC(Cn3ccnn3)CC2)CC(c2ccccc2Cl)=NO1. The van der Waals surface area contributed by atoms with Crippen molar-refractivity contribution in [3.8, 4) is 0 Å². The predicted molar refractivity (Wildman–Crippen MR) is 101 cm³/mol. The molecule has 2 aliphatic heterocycles. The molecule has 2 aromatic rings. The zero-order chi connectivity index (χ0) is 18.9. The van der Waals surface area contributed by atoms with Gasteiger partial charge in [0.2, 0.25) is 5.60 Å². The number of carbonyl (C=O) groups is 1. The molecule has 1 saturated heterocycles. The standard InChI is InChI=1S/C19H22ClN5O2/c1-19(12-17(22-27-19)15-4-2-3-5-16(15)20)18(26)24-9-6-14(7-10-24)13-25-11-8-21-23-25/h2-5,8,11,14H,6-7,9-10,12-13H2,1H3/t19-/m0/s1. The lowest BCUT2D eigenvalue weighted by molar-refractivity contribution is -0.154. The normalized spacial score (nSPS) is 23.2. The van der Waals surface area contributed by atoms with E-state index < -0.39 is 5.60 Å². The second-order valence-electron chi connectivity index (χ2n) is 7.38. The van der Waals surface area contributed by atoms with Gasteiger partial charge in [-0.25, -0.2) is 0 Å². The van der Waals surface area contributed by atoms with Crippen molar-refractivity contribution in [2.45, 2.75) is 38.3 Å². The van der Waals surface area contributed by atoms with Gasteiger partial charge in [-0.2, -0.15) is 0 Å². The summed E-state index contributed by atoms with van der Waals surface area (Å²) in [5.41, 5.74) is 0.576. The number of aromatic nitrogens is 3. The number of benzene rings is 1. The number of oxime groups is 1. The van der Waals surface area contributed by atoms with Gasteiger partial charge in [0.05, 0.1) is 11.9 Å². The molecule has 0 radical (unpaired) electrons. The Labute approximate surface area is 162 Å². The number of carbonyl (C=O) groups excluding carboxylic acids is 1. The predicted octanol–water partition coefficient (Wildman–Crippen LogP) is 2.75. The van der Waals surface area contributed by atoms with Gasteiger partial charge in [0.15, 0.2) is 0 Å². The van der Waals surface area contributed by atoms with Crippen LogP contribution in [0.1, 0.15) is 31.7 Å². The monoisotopic (exact) mass is 387 g/mol. The molecule has 8 heteroatoms. The average molecular weight is 388 g/mol. The molecule has 1 aromatic heterocycles. The summed E-state index contributed by atoms with van der Waals surface area (Å²) < 4.78 is 1.85. The summed E-state index contributed by atoms with van der Waals surface area (Å²) >= 11 is 6.26. The van der Waals surface area contributed by atoms with Crippen molar-refractivity contribution in [2.24, 2.45) is 11.1 Å². The molecular formula is C19H22ClN5O2. The Morgan fingerprint density at radius 3 is 2.81 bits per heavy atom. The number of rotatable bonds is 4. The molecule has 1 fully saturated rings. The molecule has 142 valence electrons. The van der Waals surface area contributed by atoms with Crippen LogP contribution >= 0.6 is 11.6 Å². The molecule has 0 unspecified atom stereocenters. The number of piperidine rings is 1. The lowest BCUT2D eigenvalue weighted by Gasteiger charge is -2.35. The molecule has 1 aromatic carbocycles. The van der Waals surface area contributed by atoms with Crippen LogP contribution in [0.4, 0.5) is 0 Å².